The predicted molar refractivity (Wildman–Crippen MR) is 126 cm³/mol. The van der Waals surface area contributed by atoms with Gasteiger partial charge in [0.05, 0.1) is 0 Å². The first-order valence-electron chi connectivity index (χ1n) is 11.3. The normalized spacial score (nSPS) is 12.9. The van der Waals surface area contributed by atoms with Gasteiger partial charge in [-0.3, -0.25) is 0 Å². The topological polar surface area (TPSA) is 49.0 Å². The van der Waals surface area contributed by atoms with Crippen LogP contribution in [0.25, 0.3) is 0 Å². The van der Waals surface area contributed by atoms with E-state index < -0.39 is 0 Å². The fourth-order valence-electron chi connectivity index (χ4n) is 3.30. The zero-order valence-corrected chi connectivity index (χ0v) is 18.4. The van der Waals surface area contributed by atoms with Gasteiger partial charge in [0, 0.05) is 18.2 Å². The minimum atomic E-state index is 0.463. The average molecular weight is 434 g/mol. The lowest BCUT2D eigenvalue weighted by molar-refractivity contribution is 0.208. The fraction of sp³-hybridized carbons (Fsp3) is 0.333. The molecule has 0 unspecified atom stereocenters. The molecule has 3 aromatic carbocycles. The Morgan fingerprint density at radius 3 is 1.78 bits per heavy atom. The molecule has 1 aliphatic rings. The molecule has 0 aliphatic heterocycles. The maximum atomic E-state index is 6.07. The maximum Gasteiger partial charge on any atom is 0.127 e. The highest BCUT2D eigenvalue weighted by Gasteiger charge is 2.20. The molecule has 0 amide bonds. The van der Waals surface area contributed by atoms with Crippen molar-refractivity contribution in [1.29, 1.82) is 0 Å². The molecule has 3 aromatic rings. The molecule has 0 heterocycles. The van der Waals surface area contributed by atoms with E-state index in [-0.39, 0.29) is 0 Å². The summed E-state index contributed by atoms with van der Waals surface area (Å²) < 4.78 is 23.4. The van der Waals surface area contributed by atoms with Crippen molar-refractivity contribution in [3.8, 4) is 23.0 Å². The lowest BCUT2D eigenvalue weighted by Crippen LogP contribution is -2.17. The Morgan fingerprint density at radius 1 is 0.625 bits per heavy atom. The second-order valence-corrected chi connectivity index (χ2v) is 7.86. The number of benzene rings is 3. The summed E-state index contributed by atoms with van der Waals surface area (Å²) in [6.07, 6.45) is 2.68. The molecular weight excluding hydrogens is 402 g/mol. The molecule has 32 heavy (non-hydrogen) atoms. The van der Waals surface area contributed by atoms with E-state index in [0.717, 1.165) is 47.6 Å². The second kappa shape index (κ2) is 12.0. The smallest absolute Gasteiger partial charge is 0.127 e. The van der Waals surface area contributed by atoms with Crippen LogP contribution in [0.1, 0.15) is 18.4 Å². The fourth-order valence-corrected chi connectivity index (χ4v) is 3.30. The van der Waals surface area contributed by atoms with Crippen molar-refractivity contribution in [3.63, 3.8) is 0 Å². The summed E-state index contributed by atoms with van der Waals surface area (Å²) >= 11 is 0. The molecule has 1 fully saturated rings. The summed E-state index contributed by atoms with van der Waals surface area (Å²) in [7, 11) is 0. The lowest BCUT2D eigenvalue weighted by Gasteiger charge is -2.15. The maximum absolute atomic E-state index is 6.07. The van der Waals surface area contributed by atoms with Crippen molar-refractivity contribution in [2.24, 2.45) is 5.92 Å². The first-order valence-corrected chi connectivity index (χ1v) is 11.3. The van der Waals surface area contributed by atoms with Crippen LogP contribution in [-0.2, 0) is 6.54 Å². The molecule has 1 saturated carbocycles. The van der Waals surface area contributed by atoms with Crippen LogP contribution in [-0.4, -0.2) is 33.0 Å². The van der Waals surface area contributed by atoms with E-state index in [1.807, 2.05) is 72.8 Å². The zero-order chi connectivity index (χ0) is 21.8. The van der Waals surface area contributed by atoms with Crippen LogP contribution < -0.4 is 24.3 Å². The first kappa shape index (κ1) is 22.0. The van der Waals surface area contributed by atoms with Crippen molar-refractivity contribution in [3.05, 3.63) is 84.4 Å². The summed E-state index contributed by atoms with van der Waals surface area (Å²) in [5, 5.41) is 3.54. The molecule has 0 atom stereocenters. The standard InChI is InChI=1S/C27H31NO4/c1-3-7-24(8-4-1)29-15-16-31-26-14-13-23(21-28-20-22-11-12-22)27(19-26)32-18-17-30-25-9-5-2-6-10-25/h1-10,13-14,19,22,28H,11-12,15-18,20-21H2. The minimum absolute atomic E-state index is 0.463. The summed E-state index contributed by atoms with van der Waals surface area (Å²) in [5.41, 5.74) is 1.12. The highest BCUT2D eigenvalue weighted by atomic mass is 16.5. The van der Waals surface area contributed by atoms with Gasteiger partial charge in [0.2, 0.25) is 0 Å². The SMILES string of the molecule is c1ccc(OCCOc2ccc(CNCC3CC3)c(OCCOc3ccccc3)c2)cc1. The van der Waals surface area contributed by atoms with Gasteiger partial charge in [0.15, 0.2) is 0 Å². The highest BCUT2D eigenvalue weighted by molar-refractivity contribution is 5.41. The van der Waals surface area contributed by atoms with Gasteiger partial charge in [0.1, 0.15) is 49.4 Å². The van der Waals surface area contributed by atoms with E-state index in [2.05, 4.69) is 11.4 Å². The van der Waals surface area contributed by atoms with Crippen LogP contribution in [0, 0.1) is 5.92 Å². The largest absolute Gasteiger partial charge is 0.490 e. The van der Waals surface area contributed by atoms with Crippen LogP contribution in [0.15, 0.2) is 78.9 Å². The lowest BCUT2D eigenvalue weighted by atomic mass is 10.2. The van der Waals surface area contributed by atoms with Crippen molar-refractivity contribution in [2.45, 2.75) is 19.4 Å². The number of nitrogens with one attached hydrogen (secondary N) is 1. The van der Waals surface area contributed by atoms with Gasteiger partial charge < -0.3 is 24.3 Å². The Morgan fingerprint density at radius 2 is 1.19 bits per heavy atom. The van der Waals surface area contributed by atoms with Crippen LogP contribution in [0.5, 0.6) is 23.0 Å². The van der Waals surface area contributed by atoms with E-state index in [9.17, 15) is 0 Å². The van der Waals surface area contributed by atoms with Crippen LogP contribution >= 0.6 is 0 Å². The number of rotatable bonds is 14. The Hall–Kier alpha value is -3.18. The van der Waals surface area contributed by atoms with Crippen LogP contribution in [0.3, 0.4) is 0 Å². The summed E-state index contributed by atoms with van der Waals surface area (Å²) in [5.74, 6) is 4.12. The number of ether oxygens (including phenoxy) is 4. The molecule has 5 nitrogen and oxygen atoms in total. The minimum Gasteiger partial charge on any atom is -0.490 e. The van der Waals surface area contributed by atoms with Crippen molar-refractivity contribution in [2.75, 3.05) is 33.0 Å². The second-order valence-electron chi connectivity index (χ2n) is 7.86. The molecule has 0 spiro atoms. The van der Waals surface area contributed by atoms with E-state index in [0.29, 0.717) is 26.4 Å². The van der Waals surface area contributed by atoms with E-state index in [1.54, 1.807) is 0 Å². The molecule has 1 aliphatic carbocycles. The van der Waals surface area contributed by atoms with E-state index >= 15 is 0 Å². The van der Waals surface area contributed by atoms with E-state index in [1.165, 1.54) is 12.8 Å². The van der Waals surface area contributed by atoms with Gasteiger partial charge in [-0.05, 0) is 55.6 Å². The molecule has 1 N–H and O–H groups in total. The molecule has 0 bridgehead atoms. The van der Waals surface area contributed by atoms with Gasteiger partial charge in [-0.2, -0.15) is 0 Å². The van der Waals surface area contributed by atoms with Gasteiger partial charge >= 0.3 is 0 Å². The molecular formula is C27H31NO4. The average Bonchev–Trinajstić information content (AvgIpc) is 3.66. The summed E-state index contributed by atoms with van der Waals surface area (Å²) in [6.45, 7) is 3.73. The van der Waals surface area contributed by atoms with Gasteiger partial charge in [-0.15, -0.1) is 0 Å². The number of hydrogen-bond donors (Lipinski definition) is 1. The van der Waals surface area contributed by atoms with Crippen LogP contribution in [0.4, 0.5) is 0 Å². The number of para-hydroxylation sites is 2. The Kier molecular flexibility index (Phi) is 8.27. The zero-order valence-electron chi connectivity index (χ0n) is 18.4. The molecule has 0 saturated heterocycles. The van der Waals surface area contributed by atoms with E-state index in [4.69, 9.17) is 18.9 Å². The molecule has 168 valence electrons. The van der Waals surface area contributed by atoms with Gasteiger partial charge in [0.25, 0.3) is 0 Å². The van der Waals surface area contributed by atoms with Crippen molar-refractivity contribution < 1.29 is 18.9 Å². The Bertz CT molecular complexity index is 929. The van der Waals surface area contributed by atoms with Crippen LogP contribution in [0.2, 0.25) is 0 Å². The van der Waals surface area contributed by atoms with Crippen molar-refractivity contribution >= 4 is 0 Å². The number of hydrogen-bond acceptors (Lipinski definition) is 5. The molecule has 0 aromatic heterocycles. The van der Waals surface area contributed by atoms with Gasteiger partial charge in [-0.1, -0.05) is 42.5 Å². The molecule has 4 rings (SSSR count). The van der Waals surface area contributed by atoms with Gasteiger partial charge in [-0.25, -0.2) is 0 Å². The quantitative estimate of drug-likeness (QED) is 0.358. The van der Waals surface area contributed by atoms with Crippen molar-refractivity contribution in [1.82, 2.24) is 5.32 Å². The third-order valence-electron chi connectivity index (χ3n) is 5.20. The third-order valence-corrected chi connectivity index (χ3v) is 5.20. The molecule has 5 heteroatoms. The predicted octanol–water partition coefficient (Wildman–Crippen LogP) is 5.10. The summed E-state index contributed by atoms with van der Waals surface area (Å²) in [4.78, 5) is 0. The Balaban J connectivity index is 1.28. The summed E-state index contributed by atoms with van der Waals surface area (Å²) in [6, 6.07) is 25.6. The monoisotopic (exact) mass is 433 g/mol. The Labute approximate surface area is 190 Å². The third kappa shape index (κ3) is 7.50. The first-order chi connectivity index (χ1) is 15.9. The highest BCUT2D eigenvalue weighted by Crippen LogP contribution is 2.29. The molecule has 0 radical (unpaired) electrons.